The Hall–Kier alpha value is -1.41. The van der Waals surface area contributed by atoms with Crippen molar-refractivity contribution in [3.8, 4) is 0 Å². The summed E-state index contributed by atoms with van der Waals surface area (Å²) in [6, 6.07) is 0. The summed E-state index contributed by atoms with van der Waals surface area (Å²) in [5, 5.41) is 15.8. The van der Waals surface area contributed by atoms with Crippen LogP contribution in [0, 0.1) is 5.92 Å². The van der Waals surface area contributed by atoms with E-state index in [1.165, 1.54) is 13.3 Å². The van der Waals surface area contributed by atoms with Crippen molar-refractivity contribution >= 4 is 27.6 Å². The van der Waals surface area contributed by atoms with E-state index < -0.39 is 11.5 Å². The second kappa shape index (κ2) is 8.01. The van der Waals surface area contributed by atoms with Crippen LogP contribution >= 0.6 is 15.9 Å². The first-order valence-electron chi connectivity index (χ1n) is 6.16. The average Bonchev–Trinajstić information content (AvgIpc) is 2.43. The molecule has 1 aromatic heterocycles. The van der Waals surface area contributed by atoms with Crippen LogP contribution in [0.25, 0.3) is 0 Å². The molecule has 0 bridgehead atoms. The molecule has 112 valence electrons. The van der Waals surface area contributed by atoms with Crippen molar-refractivity contribution in [3.63, 3.8) is 0 Å². The van der Waals surface area contributed by atoms with Gasteiger partial charge in [0.1, 0.15) is 11.0 Å². The quantitative estimate of drug-likeness (QED) is 0.702. The lowest BCUT2D eigenvalue weighted by molar-refractivity contribution is -0.141. The van der Waals surface area contributed by atoms with Crippen LogP contribution in [0.1, 0.15) is 13.3 Å². The Kier molecular flexibility index (Phi) is 6.66. The Morgan fingerprint density at radius 3 is 2.95 bits per heavy atom. The van der Waals surface area contributed by atoms with Crippen LogP contribution in [0.2, 0.25) is 0 Å². The molecule has 1 aromatic rings. The van der Waals surface area contributed by atoms with E-state index in [4.69, 9.17) is 5.11 Å². The van der Waals surface area contributed by atoms with Crippen LogP contribution in [0.5, 0.6) is 0 Å². The highest BCUT2D eigenvalue weighted by Gasteiger charge is 2.12. The number of halogens is 1. The third-order valence-electron chi connectivity index (χ3n) is 2.75. The zero-order valence-electron chi connectivity index (χ0n) is 11.4. The first-order valence-corrected chi connectivity index (χ1v) is 6.96. The topological polar surface area (TPSA) is 93.5 Å². The van der Waals surface area contributed by atoms with Crippen molar-refractivity contribution < 1.29 is 14.6 Å². The van der Waals surface area contributed by atoms with Gasteiger partial charge in [-0.1, -0.05) is 6.92 Å². The van der Waals surface area contributed by atoms with Crippen LogP contribution < -0.4 is 10.9 Å². The zero-order valence-corrected chi connectivity index (χ0v) is 13.0. The molecular weight excluding hydrogens is 330 g/mol. The zero-order chi connectivity index (χ0) is 15.1. The molecule has 0 aliphatic heterocycles. The first kappa shape index (κ1) is 16.6. The minimum atomic E-state index is -0.538. The summed E-state index contributed by atoms with van der Waals surface area (Å²) >= 11 is 3.19. The van der Waals surface area contributed by atoms with Gasteiger partial charge in [0.05, 0.1) is 19.0 Å². The van der Waals surface area contributed by atoms with Crippen molar-refractivity contribution in [2.24, 2.45) is 5.92 Å². The number of aliphatic hydroxyl groups is 1. The SMILES string of the molecule is COC(=O)Cn1ncc(NCC(C)CCO)c(Br)c1=O. The summed E-state index contributed by atoms with van der Waals surface area (Å²) < 4.78 is 5.83. The molecule has 0 radical (unpaired) electrons. The molecule has 0 aromatic carbocycles. The van der Waals surface area contributed by atoms with Crippen LogP contribution in [-0.2, 0) is 16.1 Å². The molecule has 0 fully saturated rings. The monoisotopic (exact) mass is 347 g/mol. The normalized spacial score (nSPS) is 12.0. The lowest BCUT2D eigenvalue weighted by Gasteiger charge is -2.13. The van der Waals surface area contributed by atoms with Crippen LogP contribution in [0.3, 0.4) is 0 Å². The Balaban J connectivity index is 2.78. The fourth-order valence-electron chi connectivity index (χ4n) is 1.49. The van der Waals surface area contributed by atoms with E-state index in [-0.39, 0.29) is 19.1 Å². The molecule has 7 nitrogen and oxygen atoms in total. The Morgan fingerprint density at radius 2 is 2.35 bits per heavy atom. The standard InChI is InChI=1S/C12H18BrN3O4/c1-8(3-4-17)5-14-9-6-15-16(7-10(18)20-2)12(19)11(9)13/h6,8,14,17H,3-5,7H2,1-2H3. The number of ether oxygens (including phenoxy) is 1. The fourth-order valence-corrected chi connectivity index (χ4v) is 1.94. The highest BCUT2D eigenvalue weighted by Crippen LogP contribution is 2.17. The molecular formula is C12H18BrN3O4. The third kappa shape index (κ3) is 4.61. The van der Waals surface area contributed by atoms with E-state index in [2.05, 4.69) is 31.1 Å². The van der Waals surface area contributed by atoms with Crippen LogP contribution in [0.15, 0.2) is 15.5 Å². The number of anilines is 1. The molecule has 0 saturated carbocycles. The molecule has 2 N–H and O–H groups in total. The molecule has 0 aliphatic carbocycles. The molecule has 0 amide bonds. The molecule has 1 rings (SSSR count). The number of nitrogens with one attached hydrogen (secondary N) is 1. The summed E-state index contributed by atoms with van der Waals surface area (Å²) in [6.45, 7) is 2.50. The number of carbonyl (C=O) groups is 1. The van der Waals surface area contributed by atoms with E-state index in [9.17, 15) is 9.59 Å². The van der Waals surface area contributed by atoms with Crippen LogP contribution in [-0.4, -0.2) is 41.1 Å². The van der Waals surface area contributed by atoms with Crippen molar-refractivity contribution in [3.05, 3.63) is 21.0 Å². The van der Waals surface area contributed by atoms with Crippen molar-refractivity contribution in [2.45, 2.75) is 19.9 Å². The highest BCUT2D eigenvalue weighted by molar-refractivity contribution is 9.10. The third-order valence-corrected chi connectivity index (χ3v) is 3.52. The predicted octanol–water partition coefficient (Wildman–Crippen LogP) is 0.609. The summed E-state index contributed by atoms with van der Waals surface area (Å²) in [7, 11) is 1.25. The molecule has 1 atom stereocenters. The summed E-state index contributed by atoms with van der Waals surface area (Å²) in [6.07, 6.45) is 2.15. The lowest BCUT2D eigenvalue weighted by Crippen LogP contribution is -2.28. The van der Waals surface area contributed by atoms with Gasteiger partial charge >= 0.3 is 5.97 Å². The molecule has 0 spiro atoms. The maximum Gasteiger partial charge on any atom is 0.327 e. The second-order valence-corrected chi connectivity index (χ2v) is 5.20. The lowest BCUT2D eigenvalue weighted by atomic mass is 10.1. The van der Waals surface area contributed by atoms with Gasteiger partial charge in [0.15, 0.2) is 0 Å². The number of esters is 1. The summed E-state index contributed by atoms with van der Waals surface area (Å²) in [5.41, 5.74) is 0.149. The van der Waals surface area contributed by atoms with Crippen molar-refractivity contribution in [2.75, 3.05) is 25.6 Å². The van der Waals surface area contributed by atoms with E-state index >= 15 is 0 Å². The predicted molar refractivity (Wildman–Crippen MR) is 77.6 cm³/mol. The second-order valence-electron chi connectivity index (χ2n) is 4.41. The van der Waals surface area contributed by atoms with Gasteiger partial charge in [-0.05, 0) is 28.3 Å². The number of carbonyl (C=O) groups excluding carboxylic acids is 1. The van der Waals surface area contributed by atoms with Crippen molar-refractivity contribution in [1.29, 1.82) is 0 Å². The molecule has 0 aliphatic rings. The maximum absolute atomic E-state index is 12.0. The minimum absolute atomic E-state index is 0.128. The van der Waals surface area contributed by atoms with Crippen LogP contribution in [0.4, 0.5) is 5.69 Å². The van der Waals surface area contributed by atoms with Gasteiger partial charge in [0.2, 0.25) is 0 Å². The number of hydrogen-bond acceptors (Lipinski definition) is 6. The number of hydrogen-bond donors (Lipinski definition) is 2. The van der Waals surface area contributed by atoms with E-state index in [0.717, 1.165) is 4.68 Å². The Labute approximate surface area is 125 Å². The number of aliphatic hydroxyl groups excluding tert-OH is 1. The van der Waals surface area contributed by atoms with E-state index in [1.807, 2.05) is 6.92 Å². The largest absolute Gasteiger partial charge is 0.468 e. The maximum atomic E-state index is 12.0. The molecule has 1 heterocycles. The Morgan fingerprint density at radius 1 is 1.65 bits per heavy atom. The number of methoxy groups -OCH3 is 1. The van der Waals surface area contributed by atoms with Gasteiger partial charge in [-0.15, -0.1) is 0 Å². The van der Waals surface area contributed by atoms with Gasteiger partial charge in [0.25, 0.3) is 5.56 Å². The van der Waals surface area contributed by atoms with Gasteiger partial charge in [-0.25, -0.2) is 4.68 Å². The molecule has 20 heavy (non-hydrogen) atoms. The van der Waals surface area contributed by atoms with Gasteiger partial charge in [-0.3, -0.25) is 9.59 Å². The number of aromatic nitrogens is 2. The smallest absolute Gasteiger partial charge is 0.327 e. The summed E-state index contributed by atoms with van der Waals surface area (Å²) in [5.74, 6) is -0.270. The van der Waals surface area contributed by atoms with Gasteiger partial charge in [-0.2, -0.15) is 5.10 Å². The minimum Gasteiger partial charge on any atom is -0.468 e. The van der Waals surface area contributed by atoms with E-state index in [1.54, 1.807) is 0 Å². The average molecular weight is 348 g/mol. The fraction of sp³-hybridized carbons (Fsp3) is 0.583. The van der Waals surface area contributed by atoms with Gasteiger partial charge in [0, 0.05) is 13.2 Å². The Bertz CT molecular complexity index is 518. The highest BCUT2D eigenvalue weighted by atomic mass is 79.9. The number of rotatable bonds is 7. The molecule has 1 unspecified atom stereocenters. The first-order chi connectivity index (χ1) is 9.49. The molecule has 0 saturated heterocycles. The van der Waals surface area contributed by atoms with Gasteiger partial charge < -0.3 is 15.2 Å². The summed E-state index contributed by atoms with van der Waals surface area (Å²) in [4.78, 5) is 23.1. The number of nitrogens with zero attached hydrogens (tertiary/aromatic N) is 2. The molecule has 8 heteroatoms. The van der Waals surface area contributed by atoms with Crippen molar-refractivity contribution in [1.82, 2.24) is 9.78 Å². The van der Waals surface area contributed by atoms with E-state index in [0.29, 0.717) is 23.1 Å².